The molecule has 4 rings (SSSR count). The molecule has 3 aromatic rings. The normalized spacial score (nSPS) is 16.6. The van der Waals surface area contributed by atoms with Crippen LogP contribution in [0.4, 0.5) is 4.39 Å². The first-order chi connectivity index (χ1) is 16.4. The quantitative estimate of drug-likeness (QED) is 0.405. The van der Waals surface area contributed by atoms with Gasteiger partial charge in [0.15, 0.2) is 0 Å². The van der Waals surface area contributed by atoms with Gasteiger partial charge < -0.3 is 9.84 Å². The van der Waals surface area contributed by atoms with E-state index in [0.717, 1.165) is 4.88 Å². The Bertz CT molecular complexity index is 1210. The summed E-state index contributed by atoms with van der Waals surface area (Å²) in [5.41, 5.74) is 0.00909. The molecule has 0 spiro atoms. The lowest BCUT2D eigenvalue weighted by molar-refractivity contribution is -0.152. The van der Waals surface area contributed by atoms with Gasteiger partial charge in [-0.3, -0.25) is 14.7 Å². The van der Waals surface area contributed by atoms with Crippen LogP contribution in [0.15, 0.2) is 41.9 Å². The lowest BCUT2D eigenvalue weighted by Gasteiger charge is -2.38. The van der Waals surface area contributed by atoms with Crippen molar-refractivity contribution in [3.05, 3.63) is 57.4 Å². The molecule has 5 nitrogen and oxygen atoms in total. The van der Waals surface area contributed by atoms with Crippen molar-refractivity contribution in [3.63, 3.8) is 0 Å². The average molecular weight is 501 g/mol. The maximum atomic E-state index is 15.6. The molecule has 1 aliphatic heterocycles. The minimum Gasteiger partial charge on any atom is -0.497 e. The van der Waals surface area contributed by atoms with Gasteiger partial charge in [-0.1, -0.05) is 29.5 Å². The van der Waals surface area contributed by atoms with Crippen LogP contribution in [0.3, 0.4) is 0 Å². The molecule has 34 heavy (non-hydrogen) atoms. The molecule has 178 valence electrons. The van der Waals surface area contributed by atoms with Crippen molar-refractivity contribution >= 4 is 39.8 Å². The highest BCUT2D eigenvalue weighted by Gasteiger charge is 2.41. The number of nitrogens with zero attached hydrogens (tertiary/aromatic N) is 2. The van der Waals surface area contributed by atoms with Crippen molar-refractivity contribution in [1.82, 2.24) is 9.88 Å². The van der Waals surface area contributed by atoms with E-state index in [1.807, 2.05) is 17.5 Å². The smallest absolute Gasteiger partial charge is 0.309 e. The van der Waals surface area contributed by atoms with Crippen LogP contribution < -0.4 is 4.74 Å². The predicted octanol–water partition coefficient (Wildman–Crippen LogP) is 5.97. The molecule has 1 saturated heterocycles. The summed E-state index contributed by atoms with van der Waals surface area (Å²) < 4.78 is 20.8. The zero-order valence-corrected chi connectivity index (χ0v) is 20.5. The van der Waals surface area contributed by atoms with Crippen molar-refractivity contribution in [1.29, 1.82) is 0 Å². The van der Waals surface area contributed by atoms with Crippen LogP contribution in [0.1, 0.15) is 42.3 Å². The SMILES string of the molecule is COc1ccc2ncc(Cl)c(C(F)CCC3(C(=O)O)CCN(CC#Cc4cccs4)CC3)c2c1. The summed E-state index contributed by atoms with van der Waals surface area (Å²) in [6, 6.07) is 9.19. The molecule has 1 aliphatic rings. The minimum atomic E-state index is -1.41. The Hall–Kier alpha value is -2.66. The van der Waals surface area contributed by atoms with E-state index in [0.29, 0.717) is 54.7 Å². The van der Waals surface area contributed by atoms with Crippen LogP contribution in [-0.4, -0.2) is 47.7 Å². The number of alkyl halides is 1. The van der Waals surface area contributed by atoms with Gasteiger partial charge in [0, 0.05) is 30.2 Å². The van der Waals surface area contributed by atoms with Gasteiger partial charge in [-0.25, -0.2) is 4.39 Å². The summed E-state index contributed by atoms with van der Waals surface area (Å²) >= 11 is 7.94. The molecule has 1 unspecified atom stereocenters. The van der Waals surface area contributed by atoms with Gasteiger partial charge in [-0.15, -0.1) is 11.3 Å². The topological polar surface area (TPSA) is 62.7 Å². The monoisotopic (exact) mass is 500 g/mol. The molecule has 0 aliphatic carbocycles. The molecule has 3 heterocycles. The summed E-state index contributed by atoms with van der Waals surface area (Å²) in [7, 11) is 1.54. The fourth-order valence-corrected chi connectivity index (χ4v) is 5.32. The number of aromatic nitrogens is 1. The van der Waals surface area contributed by atoms with Gasteiger partial charge in [-0.05, 0) is 55.3 Å². The van der Waals surface area contributed by atoms with Gasteiger partial charge in [0.1, 0.15) is 11.9 Å². The van der Waals surface area contributed by atoms with E-state index in [9.17, 15) is 9.90 Å². The number of benzene rings is 1. The Morgan fingerprint density at radius 2 is 2.18 bits per heavy atom. The summed E-state index contributed by atoms with van der Waals surface area (Å²) in [4.78, 5) is 19.7. The molecule has 2 aromatic heterocycles. The number of likely N-dealkylation sites (tertiary alicyclic amines) is 1. The van der Waals surface area contributed by atoms with Crippen LogP contribution in [0.5, 0.6) is 5.75 Å². The number of fused-ring (bicyclic) bond motifs is 1. The van der Waals surface area contributed by atoms with Crippen LogP contribution >= 0.6 is 22.9 Å². The number of hydrogen-bond acceptors (Lipinski definition) is 5. The number of carboxylic acids is 1. The van der Waals surface area contributed by atoms with E-state index < -0.39 is 17.6 Å². The number of hydrogen-bond donors (Lipinski definition) is 1. The molecule has 8 heteroatoms. The summed E-state index contributed by atoms with van der Waals surface area (Å²) in [5, 5.41) is 12.8. The molecule has 1 fully saturated rings. The molecule has 0 saturated carbocycles. The first-order valence-electron chi connectivity index (χ1n) is 11.2. The Labute approximate surface area is 207 Å². The van der Waals surface area contributed by atoms with Crippen LogP contribution in [0.25, 0.3) is 10.9 Å². The Kier molecular flexibility index (Phi) is 7.72. The number of carbonyl (C=O) groups is 1. The highest BCUT2D eigenvalue weighted by atomic mass is 35.5. The molecule has 0 bridgehead atoms. The van der Waals surface area contributed by atoms with Crippen LogP contribution in [0, 0.1) is 17.3 Å². The second-order valence-corrected chi connectivity index (χ2v) is 9.90. The molecule has 1 N–H and O–H groups in total. The number of thiophene rings is 1. The number of ether oxygens (including phenoxy) is 1. The Balaban J connectivity index is 1.43. The van der Waals surface area contributed by atoms with Gasteiger partial charge in [-0.2, -0.15) is 0 Å². The van der Waals surface area contributed by atoms with Crippen molar-refractivity contribution in [3.8, 4) is 17.6 Å². The van der Waals surface area contributed by atoms with Gasteiger partial charge >= 0.3 is 5.97 Å². The fraction of sp³-hybridized carbons (Fsp3) is 0.385. The third-order valence-electron chi connectivity index (χ3n) is 6.56. The zero-order chi connectivity index (χ0) is 24.1. The van der Waals surface area contributed by atoms with E-state index in [1.54, 1.807) is 36.6 Å². The first kappa shape index (κ1) is 24.5. The second-order valence-electron chi connectivity index (χ2n) is 8.55. The zero-order valence-electron chi connectivity index (χ0n) is 18.9. The predicted molar refractivity (Wildman–Crippen MR) is 133 cm³/mol. The van der Waals surface area contributed by atoms with E-state index in [2.05, 4.69) is 21.7 Å². The standard InChI is InChI=1S/C26H26ClFN2O3S/c1-33-18-6-7-23-20(16-18)24(21(27)17-29-23)22(28)8-9-26(25(31)32)10-13-30(14-11-26)12-2-4-19-5-3-15-34-19/h3,5-7,15-17,22H,8-14H2,1H3,(H,31,32). The number of piperidine rings is 1. The summed E-state index contributed by atoms with van der Waals surface area (Å²) in [6.07, 6.45) is 1.28. The van der Waals surface area contributed by atoms with E-state index in [1.165, 1.54) is 6.20 Å². The van der Waals surface area contributed by atoms with E-state index >= 15 is 4.39 Å². The maximum Gasteiger partial charge on any atom is 0.309 e. The highest BCUT2D eigenvalue weighted by molar-refractivity contribution is 7.10. The molecular formula is C26H26ClFN2O3S. The third-order valence-corrected chi connectivity index (χ3v) is 7.65. The minimum absolute atomic E-state index is 0.0700. The lowest BCUT2D eigenvalue weighted by atomic mass is 9.74. The van der Waals surface area contributed by atoms with Crippen molar-refractivity contribution in [2.24, 2.45) is 5.41 Å². The van der Waals surface area contributed by atoms with E-state index in [4.69, 9.17) is 16.3 Å². The number of rotatable bonds is 7. The molecule has 0 amide bonds. The van der Waals surface area contributed by atoms with E-state index in [-0.39, 0.29) is 17.9 Å². The second kappa shape index (κ2) is 10.7. The number of aliphatic carboxylic acids is 1. The lowest BCUT2D eigenvalue weighted by Crippen LogP contribution is -2.44. The molecule has 1 atom stereocenters. The Morgan fingerprint density at radius 1 is 1.38 bits per heavy atom. The number of halogens is 2. The van der Waals surface area contributed by atoms with Gasteiger partial charge in [0.2, 0.25) is 0 Å². The van der Waals surface area contributed by atoms with Gasteiger partial charge in [0.05, 0.1) is 34.5 Å². The van der Waals surface area contributed by atoms with Crippen molar-refractivity contribution < 1.29 is 19.0 Å². The van der Waals surface area contributed by atoms with Crippen molar-refractivity contribution in [2.75, 3.05) is 26.7 Å². The third kappa shape index (κ3) is 5.35. The fourth-order valence-electron chi connectivity index (χ4n) is 4.46. The summed E-state index contributed by atoms with van der Waals surface area (Å²) in [6.45, 7) is 1.84. The largest absolute Gasteiger partial charge is 0.497 e. The Morgan fingerprint density at radius 3 is 2.85 bits per heavy atom. The van der Waals surface area contributed by atoms with Crippen molar-refractivity contribution in [2.45, 2.75) is 31.9 Å². The average Bonchev–Trinajstić information content (AvgIpc) is 3.36. The number of methoxy groups -OCH3 is 1. The molecular weight excluding hydrogens is 475 g/mol. The maximum absolute atomic E-state index is 15.6. The molecule has 0 radical (unpaired) electrons. The number of carboxylic acid groups (broad SMARTS) is 1. The highest BCUT2D eigenvalue weighted by Crippen LogP contribution is 2.42. The van der Waals surface area contributed by atoms with Gasteiger partial charge in [0.25, 0.3) is 0 Å². The first-order valence-corrected chi connectivity index (χ1v) is 12.4. The summed E-state index contributed by atoms with van der Waals surface area (Å²) in [5.74, 6) is 6.02. The number of pyridine rings is 1. The van der Waals surface area contributed by atoms with Crippen LogP contribution in [-0.2, 0) is 4.79 Å². The van der Waals surface area contributed by atoms with Crippen LogP contribution in [0.2, 0.25) is 5.02 Å². The molecule has 1 aromatic carbocycles.